The molecular formula is C27H32N2O7. The first-order valence-corrected chi connectivity index (χ1v) is 12.6. The van der Waals surface area contributed by atoms with Crippen molar-refractivity contribution in [3.8, 4) is 5.75 Å². The molecule has 2 saturated heterocycles. The van der Waals surface area contributed by atoms with Crippen LogP contribution in [0, 0.1) is 23.2 Å². The predicted octanol–water partition coefficient (Wildman–Crippen LogP) is 3.15. The second kappa shape index (κ2) is 8.71. The number of amides is 3. The van der Waals surface area contributed by atoms with Crippen molar-refractivity contribution in [3.63, 3.8) is 0 Å². The van der Waals surface area contributed by atoms with Crippen molar-refractivity contribution in [2.45, 2.75) is 58.5 Å². The number of hydrogen-bond donors (Lipinski definition) is 1. The molecule has 2 aliphatic heterocycles. The maximum absolute atomic E-state index is 13.0. The Kier molecular flexibility index (Phi) is 5.92. The first-order chi connectivity index (χ1) is 16.9. The monoisotopic (exact) mass is 496 g/mol. The summed E-state index contributed by atoms with van der Waals surface area (Å²) in [5.41, 5.74) is 0.321. The number of rotatable bonds is 5. The van der Waals surface area contributed by atoms with Crippen LogP contribution in [0.15, 0.2) is 18.2 Å². The van der Waals surface area contributed by atoms with Gasteiger partial charge in [-0.2, -0.15) is 0 Å². The average molecular weight is 497 g/mol. The third kappa shape index (κ3) is 4.51. The number of nitrogens with one attached hydrogen (secondary N) is 1. The van der Waals surface area contributed by atoms with E-state index in [0.717, 1.165) is 32.4 Å². The molecule has 1 aromatic carbocycles. The number of imide groups is 1. The molecule has 0 bridgehead atoms. The van der Waals surface area contributed by atoms with Gasteiger partial charge in [0.05, 0.1) is 18.4 Å². The highest BCUT2D eigenvalue weighted by atomic mass is 16.6. The summed E-state index contributed by atoms with van der Waals surface area (Å²) in [5, 5.41) is 2.23. The van der Waals surface area contributed by atoms with Gasteiger partial charge in [0, 0.05) is 36.1 Å². The molecule has 3 amide bonds. The van der Waals surface area contributed by atoms with Crippen molar-refractivity contribution in [2.75, 3.05) is 19.7 Å². The number of ether oxygens (including phenoxy) is 2. The zero-order chi connectivity index (χ0) is 25.8. The standard InChI is InChI=1S/C27H32N2O7/c1-26(2,3)36-25(34)29-13-27(14-29)11-15(12-27)8-9-35-16-4-5-17-19(10-16)23(32)21(22(17)31)18-6-7-20(30)28-24(18)33/h4-5,10,15,18,21H,6-9,11-14H2,1-3H3,(H,28,30,33). The van der Waals surface area contributed by atoms with Crippen molar-refractivity contribution in [1.29, 1.82) is 0 Å². The Labute approximate surface area is 209 Å². The van der Waals surface area contributed by atoms with Crippen LogP contribution in [0.1, 0.15) is 73.6 Å². The molecule has 5 rings (SSSR count). The molecule has 3 fully saturated rings. The van der Waals surface area contributed by atoms with Crippen LogP contribution in [0.3, 0.4) is 0 Å². The SMILES string of the molecule is CC(C)(C)OC(=O)N1CC2(CC(CCOc3ccc4c(c3)C(=O)C(C3CCC(=O)NC3=O)C4=O)C2)C1. The van der Waals surface area contributed by atoms with Crippen LogP contribution < -0.4 is 10.1 Å². The van der Waals surface area contributed by atoms with Crippen molar-refractivity contribution in [1.82, 2.24) is 10.2 Å². The molecular weight excluding hydrogens is 464 g/mol. The van der Waals surface area contributed by atoms with Gasteiger partial charge in [-0.15, -0.1) is 0 Å². The highest BCUT2D eigenvalue weighted by Crippen LogP contribution is 2.53. The topological polar surface area (TPSA) is 119 Å². The molecule has 9 heteroatoms. The van der Waals surface area contributed by atoms with Crippen LogP contribution in [0.5, 0.6) is 5.75 Å². The van der Waals surface area contributed by atoms with Crippen LogP contribution in [0.25, 0.3) is 0 Å². The molecule has 0 radical (unpaired) electrons. The molecule has 1 aromatic rings. The molecule has 2 unspecified atom stereocenters. The number of nitrogens with zero attached hydrogens (tertiary/aromatic N) is 1. The van der Waals surface area contributed by atoms with Crippen LogP contribution in [-0.4, -0.2) is 59.7 Å². The van der Waals surface area contributed by atoms with Crippen molar-refractivity contribution >= 4 is 29.5 Å². The third-order valence-electron chi connectivity index (χ3n) is 7.71. The Morgan fingerprint density at radius 3 is 2.44 bits per heavy atom. The van der Waals surface area contributed by atoms with Gasteiger partial charge in [-0.05, 0) is 70.6 Å². The van der Waals surface area contributed by atoms with Crippen molar-refractivity contribution in [3.05, 3.63) is 29.3 Å². The lowest BCUT2D eigenvalue weighted by atomic mass is 9.57. The first kappa shape index (κ1) is 24.5. The van der Waals surface area contributed by atoms with Gasteiger partial charge in [-0.3, -0.25) is 24.5 Å². The van der Waals surface area contributed by atoms with Gasteiger partial charge in [0.15, 0.2) is 11.6 Å². The second-order valence-corrected chi connectivity index (χ2v) is 11.7. The number of likely N-dealkylation sites (tertiary alicyclic amines) is 1. The van der Waals surface area contributed by atoms with Crippen molar-refractivity contribution < 1.29 is 33.4 Å². The molecule has 2 atom stereocenters. The lowest BCUT2D eigenvalue weighted by Gasteiger charge is -2.58. The lowest BCUT2D eigenvalue weighted by Crippen LogP contribution is -2.64. The molecule has 0 aromatic heterocycles. The van der Waals surface area contributed by atoms with E-state index in [2.05, 4.69) is 5.32 Å². The molecule has 1 N–H and O–H groups in total. The largest absolute Gasteiger partial charge is 0.494 e. The summed E-state index contributed by atoms with van der Waals surface area (Å²) in [6.45, 7) is 7.58. The Morgan fingerprint density at radius 2 is 1.78 bits per heavy atom. The van der Waals surface area contributed by atoms with Gasteiger partial charge in [-0.1, -0.05) is 0 Å². The Bertz CT molecular complexity index is 1140. The van der Waals surface area contributed by atoms with Gasteiger partial charge >= 0.3 is 6.09 Å². The predicted molar refractivity (Wildman–Crippen MR) is 128 cm³/mol. The molecule has 192 valence electrons. The Morgan fingerprint density at radius 1 is 1.08 bits per heavy atom. The zero-order valence-electron chi connectivity index (χ0n) is 20.9. The van der Waals surface area contributed by atoms with E-state index in [0.29, 0.717) is 23.8 Å². The summed E-state index contributed by atoms with van der Waals surface area (Å²) >= 11 is 0. The average Bonchev–Trinajstić information content (AvgIpc) is 2.97. The van der Waals surface area contributed by atoms with Crippen LogP contribution in [0.4, 0.5) is 4.79 Å². The summed E-state index contributed by atoms with van der Waals surface area (Å²) in [7, 11) is 0. The lowest BCUT2D eigenvalue weighted by molar-refractivity contribution is -0.137. The number of carbonyl (C=O) groups is 5. The summed E-state index contributed by atoms with van der Waals surface area (Å²) in [5.74, 6) is -2.51. The maximum Gasteiger partial charge on any atom is 0.410 e. The molecule has 2 heterocycles. The number of ketones is 2. The highest BCUT2D eigenvalue weighted by molar-refractivity contribution is 6.28. The number of benzene rings is 1. The molecule has 4 aliphatic rings. The molecule has 2 aliphatic carbocycles. The molecule has 9 nitrogen and oxygen atoms in total. The smallest absolute Gasteiger partial charge is 0.410 e. The molecule has 36 heavy (non-hydrogen) atoms. The van der Waals surface area contributed by atoms with Crippen LogP contribution in [0.2, 0.25) is 0 Å². The number of Topliss-reactive ketones (excluding diaryl/α,β-unsaturated/α-hetero) is 2. The van der Waals surface area contributed by atoms with E-state index in [1.807, 2.05) is 20.8 Å². The van der Waals surface area contributed by atoms with E-state index in [9.17, 15) is 24.0 Å². The fourth-order valence-electron chi connectivity index (χ4n) is 6.07. The van der Waals surface area contributed by atoms with E-state index in [-0.39, 0.29) is 47.4 Å². The van der Waals surface area contributed by atoms with E-state index < -0.39 is 23.3 Å². The quantitative estimate of drug-likeness (QED) is 0.491. The maximum atomic E-state index is 13.0. The molecule has 1 spiro atoms. The summed E-state index contributed by atoms with van der Waals surface area (Å²) in [6, 6.07) is 4.87. The van der Waals surface area contributed by atoms with E-state index >= 15 is 0 Å². The van der Waals surface area contributed by atoms with E-state index in [4.69, 9.17) is 9.47 Å². The van der Waals surface area contributed by atoms with Gasteiger partial charge in [0.2, 0.25) is 11.8 Å². The van der Waals surface area contributed by atoms with Crippen molar-refractivity contribution in [2.24, 2.45) is 23.2 Å². The van der Waals surface area contributed by atoms with Gasteiger partial charge in [0.1, 0.15) is 11.4 Å². The summed E-state index contributed by atoms with van der Waals surface area (Å²) in [6.07, 6.45) is 3.06. The van der Waals surface area contributed by atoms with Crippen LogP contribution >= 0.6 is 0 Å². The summed E-state index contributed by atoms with van der Waals surface area (Å²) in [4.78, 5) is 63.5. The summed E-state index contributed by atoms with van der Waals surface area (Å²) < 4.78 is 11.3. The minimum atomic E-state index is -1.07. The normalized spacial score (nSPS) is 25.2. The fraction of sp³-hybridized carbons (Fsp3) is 0.593. The van der Waals surface area contributed by atoms with Gasteiger partial charge in [0.25, 0.3) is 0 Å². The van der Waals surface area contributed by atoms with Gasteiger partial charge < -0.3 is 14.4 Å². The van der Waals surface area contributed by atoms with E-state index in [1.165, 1.54) is 0 Å². The second-order valence-electron chi connectivity index (χ2n) is 11.7. The van der Waals surface area contributed by atoms with E-state index in [1.54, 1.807) is 23.1 Å². The van der Waals surface area contributed by atoms with Crippen LogP contribution in [-0.2, 0) is 14.3 Å². The highest BCUT2D eigenvalue weighted by Gasteiger charge is 2.54. The minimum absolute atomic E-state index is 0.125. The Balaban J connectivity index is 1.09. The van der Waals surface area contributed by atoms with Gasteiger partial charge in [-0.25, -0.2) is 4.79 Å². The first-order valence-electron chi connectivity index (χ1n) is 12.6. The number of fused-ring (bicyclic) bond motifs is 1. The Hall–Kier alpha value is -3.23. The minimum Gasteiger partial charge on any atom is -0.494 e. The third-order valence-corrected chi connectivity index (χ3v) is 7.71. The number of piperidine rings is 1. The fourth-order valence-corrected chi connectivity index (χ4v) is 6.07. The number of hydrogen-bond acceptors (Lipinski definition) is 7. The number of carbonyl (C=O) groups excluding carboxylic acids is 5. The zero-order valence-corrected chi connectivity index (χ0v) is 20.9. The molecule has 1 saturated carbocycles.